The zero-order valence-corrected chi connectivity index (χ0v) is 21.2. The van der Waals surface area contributed by atoms with Gasteiger partial charge in [0.25, 0.3) is 0 Å². The van der Waals surface area contributed by atoms with Crippen LogP contribution in [0.5, 0.6) is 0 Å². The van der Waals surface area contributed by atoms with Gasteiger partial charge in [-0.15, -0.1) is 0 Å². The molecule has 0 aliphatic carbocycles. The van der Waals surface area contributed by atoms with Gasteiger partial charge in [0.05, 0.1) is 6.04 Å². The highest BCUT2D eigenvalue weighted by molar-refractivity contribution is 5.94. The van der Waals surface area contributed by atoms with E-state index in [9.17, 15) is 24.3 Å². The van der Waals surface area contributed by atoms with E-state index < -0.39 is 35.9 Å². The number of carbonyl (C=O) groups excluding carboxylic acids is 3. The summed E-state index contributed by atoms with van der Waals surface area (Å²) >= 11 is 0. The number of carboxylic acid groups (broad SMARTS) is 1. The lowest BCUT2D eigenvalue weighted by molar-refractivity contribution is -0.144. The number of carboxylic acids is 1. The number of hydrogen-bond donors (Lipinski definition) is 5. The van der Waals surface area contributed by atoms with Crippen molar-refractivity contribution in [3.63, 3.8) is 0 Å². The molecular formula is C26H40N4O5. The molecule has 1 aliphatic heterocycles. The van der Waals surface area contributed by atoms with Crippen molar-refractivity contribution in [3.8, 4) is 0 Å². The Morgan fingerprint density at radius 2 is 1.66 bits per heavy atom. The summed E-state index contributed by atoms with van der Waals surface area (Å²) in [5.74, 6) is -2.57. The molecule has 1 aliphatic rings. The second kappa shape index (κ2) is 13.8. The van der Waals surface area contributed by atoms with Crippen molar-refractivity contribution in [1.29, 1.82) is 0 Å². The molecule has 0 aromatic heterocycles. The molecule has 0 radical (unpaired) electrons. The van der Waals surface area contributed by atoms with Crippen LogP contribution in [0.15, 0.2) is 30.3 Å². The lowest BCUT2D eigenvalue weighted by Gasteiger charge is -2.27. The van der Waals surface area contributed by atoms with E-state index in [4.69, 9.17) is 0 Å². The molecule has 5 atom stereocenters. The van der Waals surface area contributed by atoms with E-state index in [1.807, 2.05) is 51.1 Å². The minimum absolute atomic E-state index is 0.0720. The smallest absolute Gasteiger partial charge is 0.326 e. The number of nitrogens with one attached hydrogen (secondary N) is 4. The fourth-order valence-corrected chi connectivity index (χ4v) is 4.15. The molecule has 0 unspecified atom stereocenters. The van der Waals surface area contributed by atoms with Gasteiger partial charge < -0.3 is 26.4 Å². The Bertz CT molecular complexity index is 855. The van der Waals surface area contributed by atoms with E-state index in [0.29, 0.717) is 19.3 Å². The third kappa shape index (κ3) is 8.98. The molecule has 0 spiro atoms. The van der Waals surface area contributed by atoms with Crippen LogP contribution in [0.1, 0.15) is 58.9 Å². The predicted molar refractivity (Wildman–Crippen MR) is 134 cm³/mol. The maximum absolute atomic E-state index is 13.4. The van der Waals surface area contributed by atoms with Crippen molar-refractivity contribution in [1.82, 2.24) is 21.3 Å². The molecule has 2 rings (SSSR count). The average molecular weight is 489 g/mol. The minimum Gasteiger partial charge on any atom is -0.480 e. The number of carbonyl (C=O) groups is 4. The zero-order chi connectivity index (χ0) is 26.0. The van der Waals surface area contributed by atoms with Gasteiger partial charge in [-0.3, -0.25) is 14.4 Å². The number of benzene rings is 1. The van der Waals surface area contributed by atoms with E-state index in [-0.39, 0.29) is 30.2 Å². The van der Waals surface area contributed by atoms with E-state index in [1.165, 1.54) is 0 Å². The molecule has 35 heavy (non-hydrogen) atoms. The first-order chi connectivity index (χ1) is 16.6. The van der Waals surface area contributed by atoms with Gasteiger partial charge in [0.15, 0.2) is 0 Å². The molecule has 1 fully saturated rings. The molecule has 1 saturated heterocycles. The Morgan fingerprint density at radius 1 is 1.00 bits per heavy atom. The highest BCUT2D eigenvalue weighted by Crippen LogP contribution is 2.12. The van der Waals surface area contributed by atoms with Crippen LogP contribution in [0.4, 0.5) is 0 Å². The Labute approximate surface area is 207 Å². The van der Waals surface area contributed by atoms with Crippen LogP contribution in [0.2, 0.25) is 0 Å². The van der Waals surface area contributed by atoms with E-state index in [2.05, 4.69) is 21.3 Å². The average Bonchev–Trinajstić information content (AvgIpc) is 3.36. The molecule has 9 heteroatoms. The van der Waals surface area contributed by atoms with Crippen LogP contribution in [0.25, 0.3) is 0 Å². The fraction of sp³-hybridized carbons (Fsp3) is 0.615. The van der Waals surface area contributed by atoms with Gasteiger partial charge in [-0.05, 0) is 43.2 Å². The molecule has 0 bridgehead atoms. The van der Waals surface area contributed by atoms with Crippen molar-refractivity contribution in [2.75, 3.05) is 6.54 Å². The van der Waals surface area contributed by atoms with Crippen molar-refractivity contribution in [2.24, 2.45) is 11.8 Å². The van der Waals surface area contributed by atoms with Crippen LogP contribution in [0, 0.1) is 11.8 Å². The normalized spacial score (nSPS) is 18.8. The summed E-state index contributed by atoms with van der Waals surface area (Å²) in [6.45, 7) is 8.22. The molecule has 5 N–H and O–H groups in total. The van der Waals surface area contributed by atoms with Gasteiger partial charge in [-0.1, -0.05) is 64.4 Å². The largest absolute Gasteiger partial charge is 0.480 e. The predicted octanol–water partition coefficient (Wildman–Crippen LogP) is 1.61. The summed E-state index contributed by atoms with van der Waals surface area (Å²) in [5.41, 5.74) is 0.875. The minimum atomic E-state index is -1.11. The van der Waals surface area contributed by atoms with Gasteiger partial charge in [0, 0.05) is 6.42 Å². The van der Waals surface area contributed by atoms with E-state index in [1.54, 1.807) is 6.92 Å². The Kier molecular flexibility index (Phi) is 11.2. The summed E-state index contributed by atoms with van der Waals surface area (Å²) in [6, 6.07) is 6.16. The van der Waals surface area contributed by atoms with Crippen molar-refractivity contribution in [2.45, 2.75) is 84.0 Å². The maximum Gasteiger partial charge on any atom is 0.326 e. The first-order valence-corrected chi connectivity index (χ1v) is 12.5. The zero-order valence-electron chi connectivity index (χ0n) is 21.2. The Balaban J connectivity index is 2.19. The number of hydrogen-bond acceptors (Lipinski definition) is 5. The van der Waals surface area contributed by atoms with Crippen molar-refractivity contribution >= 4 is 23.7 Å². The summed E-state index contributed by atoms with van der Waals surface area (Å²) in [4.78, 5) is 50.9. The fourth-order valence-electron chi connectivity index (χ4n) is 4.15. The Morgan fingerprint density at radius 3 is 2.20 bits per heavy atom. The quantitative estimate of drug-likeness (QED) is 0.286. The summed E-state index contributed by atoms with van der Waals surface area (Å²) in [5, 5.41) is 20.9. The molecule has 9 nitrogen and oxygen atoms in total. The molecule has 1 aromatic rings. The SMILES string of the molecule is CC[C@H](C)[C@H](NC(=O)[C@H](CC(C)C)NC(=O)[C@H](Cc1ccccc1)NC(=O)[C@@H]1CCCN1)C(=O)O. The standard InChI is InChI=1S/C26H40N4O5/c1-5-17(4)22(26(34)35)30-25(33)20(14-16(2)3)28-24(32)21(15-18-10-7-6-8-11-18)29-23(31)19-12-9-13-27-19/h6-8,10-11,16-17,19-22,27H,5,9,12-15H2,1-4H3,(H,28,32)(H,29,31)(H,30,33)(H,34,35)/t17-,19-,20-,21-,22-/m0/s1. The van der Waals surface area contributed by atoms with Gasteiger partial charge in [-0.25, -0.2) is 4.79 Å². The lowest BCUT2D eigenvalue weighted by atomic mass is 9.97. The van der Waals surface area contributed by atoms with Crippen LogP contribution in [-0.2, 0) is 25.6 Å². The topological polar surface area (TPSA) is 137 Å². The summed E-state index contributed by atoms with van der Waals surface area (Å²) < 4.78 is 0. The van der Waals surface area contributed by atoms with E-state index in [0.717, 1.165) is 18.5 Å². The van der Waals surface area contributed by atoms with Gasteiger partial charge in [-0.2, -0.15) is 0 Å². The molecule has 1 aromatic carbocycles. The van der Waals surface area contributed by atoms with Crippen LogP contribution >= 0.6 is 0 Å². The van der Waals surface area contributed by atoms with Gasteiger partial charge in [0.1, 0.15) is 18.1 Å². The molecule has 3 amide bonds. The third-order valence-electron chi connectivity index (χ3n) is 6.41. The lowest BCUT2D eigenvalue weighted by Crippen LogP contribution is -2.58. The van der Waals surface area contributed by atoms with Gasteiger partial charge in [0.2, 0.25) is 17.7 Å². The summed E-state index contributed by atoms with van der Waals surface area (Å²) in [7, 11) is 0. The monoisotopic (exact) mass is 488 g/mol. The van der Waals surface area contributed by atoms with Crippen LogP contribution in [0.3, 0.4) is 0 Å². The third-order valence-corrected chi connectivity index (χ3v) is 6.41. The Hall–Kier alpha value is -2.94. The maximum atomic E-state index is 13.4. The van der Waals surface area contributed by atoms with Gasteiger partial charge >= 0.3 is 5.97 Å². The highest BCUT2D eigenvalue weighted by atomic mass is 16.4. The number of rotatable bonds is 13. The van der Waals surface area contributed by atoms with Crippen molar-refractivity contribution in [3.05, 3.63) is 35.9 Å². The highest BCUT2D eigenvalue weighted by Gasteiger charge is 2.33. The van der Waals surface area contributed by atoms with E-state index >= 15 is 0 Å². The van der Waals surface area contributed by atoms with Crippen LogP contribution < -0.4 is 21.3 Å². The molecule has 0 saturated carbocycles. The second-order valence-electron chi connectivity index (χ2n) is 9.80. The van der Waals surface area contributed by atoms with Crippen molar-refractivity contribution < 1.29 is 24.3 Å². The molecule has 1 heterocycles. The second-order valence-corrected chi connectivity index (χ2v) is 9.80. The molecule has 194 valence electrons. The molecular weight excluding hydrogens is 448 g/mol. The van der Waals surface area contributed by atoms with Crippen LogP contribution in [-0.4, -0.2) is 59.5 Å². The number of aliphatic carboxylic acids is 1. The first-order valence-electron chi connectivity index (χ1n) is 12.5. The number of amides is 3. The summed E-state index contributed by atoms with van der Waals surface area (Å²) in [6.07, 6.45) is 2.78. The first kappa shape index (κ1) is 28.3.